The van der Waals surface area contributed by atoms with Gasteiger partial charge >= 0.3 is 5.97 Å². The number of aryl methyl sites for hydroxylation is 2. The summed E-state index contributed by atoms with van der Waals surface area (Å²) < 4.78 is 27.3. The van der Waals surface area contributed by atoms with E-state index in [2.05, 4.69) is 4.72 Å². The van der Waals surface area contributed by atoms with Gasteiger partial charge in [-0.2, -0.15) is 4.72 Å². The molecule has 20 heavy (non-hydrogen) atoms. The lowest BCUT2D eigenvalue weighted by atomic mass is 9.98. The predicted octanol–water partition coefficient (Wildman–Crippen LogP) is 1.84. The van der Waals surface area contributed by atoms with E-state index < -0.39 is 21.5 Å². The summed E-state index contributed by atoms with van der Waals surface area (Å²) in [4.78, 5) is 11.6. The minimum absolute atomic E-state index is 0.135. The van der Waals surface area contributed by atoms with Gasteiger partial charge in [-0.05, 0) is 51.2 Å². The number of hydrogen-bond donors (Lipinski definition) is 2. The van der Waals surface area contributed by atoms with Crippen molar-refractivity contribution in [2.24, 2.45) is 5.92 Å². The zero-order chi connectivity index (χ0) is 15.1. The number of nitrogens with one attached hydrogen (secondary N) is 1. The van der Waals surface area contributed by atoms with E-state index in [1.165, 1.54) is 13.0 Å². The molecule has 2 rings (SSSR count). The fourth-order valence-corrected chi connectivity index (χ4v) is 4.05. The van der Waals surface area contributed by atoms with Crippen LogP contribution in [0.15, 0.2) is 23.1 Å². The normalized spacial score (nSPS) is 18.6. The van der Waals surface area contributed by atoms with Crippen molar-refractivity contribution in [3.05, 3.63) is 29.3 Å². The third kappa shape index (κ3) is 2.71. The van der Waals surface area contributed by atoms with Crippen LogP contribution in [-0.4, -0.2) is 25.0 Å². The van der Waals surface area contributed by atoms with E-state index in [9.17, 15) is 18.3 Å². The number of carboxylic acid groups (broad SMARTS) is 1. The molecule has 0 amide bonds. The van der Waals surface area contributed by atoms with Gasteiger partial charge in [0.25, 0.3) is 0 Å². The molecule has 1 aliphatic carbocycles. The van der Waals surface area contributed by atoms with Gasteiger partial charge in [0, 0.05) is 0 Å². The predicted molar refractivity (Wildman–Crippen MR) is 75.0 cm³/mol. The summed E-state index contributed by atoms with van der Waals surface area (Å²) in [7, 11) is -3.85. The van der Waals surface area contributed by atoms with Gasteiger partial charge in [0.1, 0.15) is 5.54 Å². The fraction of sp³-hybridized carbons (Fsp3) is 0.500. The number of hydrogen-bond acceptors (Lipinski definition) is 3. The van der Waals surface area contributed by atoms with Crippen molar-refractivity contribution in [1.29, 1.82) is 0 Å². The minimum Gasteiger partial charge on any atom is -0.480 e. The van der Waals surface area contributed by atoms with E-state index in [4.69, 9.17) is 0 Å². The molecule has 2 N–H and O–H groups in total. The summed E-state index contributed by atoms with van der Waals surface area (Å²) in [5, 5.41) is 9.34. The van der Waals surface area contributed by atoms with Crippen LogP contribution >= 0.6 is 0 Å². The van der Waals surface area contributed by atoms with E-state index in [-0.39, 0.29) is 10.8 Å². The van der Waals surface area contributed by atoms with Crippen molar-refractivity contribution < 1.29 is 18.3 Å². The summed E-state index contributed by atoms with van der Waals surface area (Å²) in [5.41, 5.74) is 0.140. The van der Waals surface area contributed by atoms with Crippen LogP contribution in [-0.2, 0) is 14.8 Å². The molecule has 1 saturated carbocycles. The molecule has 0 heterocycles. The van der Waals surface area contributed by atoms with Gasteiger partial charge in [-0.1, -0.05) is 17.7 Å². The largest absolute Gasteiger partial charge is 0.480 e. The van der Waals surface area contributed by atoms with Gasteiger partial charge in [0.15, 0.2) is 0 Å². The number of aliphatic carboxylic acids is 1. The van der Waals surface area contributed by atoms with E-state index in [0.29, 0.717) is 5.56 Å². The lowest BCUT2D eigenvalue weighted by Crippen LogP contribution is -2.53. The standard InChI is InChI=1S/C14H19NO4S/c1-9-4-7-12(10(2)8-9)20(18,19)15-14(3,13(16)17)11-5-6-11/h4,7-8,11,15H,5-6H2,1-3H3,(H,16,17). The molecule has 1 aliphatic rings. The molecule has 0 bridgehead atoms. The zero-order valence-corrected chi connectivity index (χ0v) is 12.6. The van der Waals surface area contributed by atoms with E-state index in [1.807, 2.05) is 6.92 Å². The Morgan fingerprint density at radius 2 is 1.95 bits per heavy atom. The van der Waals surface area contributed by atoms with Crippen LogP contribution in [0.3, 0.4) is 0 Å². The maximum atomic E-state index is 12.4. The molecule has 0 aromatic heterocycles. The van der Waals surface area contributed by atoms with E-state index in [0.717, 1.165) is 18.4 Å². The molecule has 0 radical (unpaired) electrons. The molecule has 1 atom stereocenters. The monoisotopic (exact) mass is 297 g/mol. The van der Waals surface area contributed by atoms with Gasteiger partial charge in [-0.3, -0.25) is 4.79 Å². The summed E-state index contributed by atoms with van der Waals surface area (Å²) in [6.45, 7) is 5.02. The molecular formula is C14H19NO4S. The summed E-state index contributed by atoms with van der Waals surface area (Å²) in [6, 6.07) is 4.99. The first kappa shape index (κ1) is 15.0. The maximum absolute atomic E-state index is 12.4. The molecule has 6 heteroatoms. The first-order valence-corrected chi connectivity index (χ1v) is 8.00. The van der Waals surface area contributed by atoms with Gasteiger partial charge in [0.05, 0.1) is 4.90 Å². The van der Waals surface area contributed by atoms with E-state index in [1.54, 1.807) is 19.1 Å². The Labute approximate surface area is 119 Å². The van der Waals surface area contributed by atoms with Crippen molar-refractivity contribution in [1.82, 2.24) is 4.72 Å². The van der Waals surface area contributed by atoms with Crippen LogP contribution in [0.4, 0.5) is 0 Å². The molecule has 1 aromatic carbocycles. The molecule has 110 valence electrons. The smallest absolute Gasteiger partial charge is 0.324 e. The molecule has 1 unspecified atom stereocenters. The topological polar surface area (TPSA) is 83.5 Å². The Balaban J connectivity index is 2.38. The third-order valence-electron chi connectivity index (χ3n) is 3.80. The quantitative estimate of drug-likeness (QED) is 0.868. The Hall–Kier alpha value is -1.40. The highest BCUT2D eigenvalue weighted by atomic mass is 32.2. The second-order valence-corrected chi connectivity index (χ2v) is 7.31. The highest BCUT2D eigenvalue weighted by Crippen LogP contribution is 2.40. The molecule has 5 nitrogen and oxygen atoms in total. The van der Waals surface area contributed by atoms with Crippen LogP contribution in [0.25, 0.3) is 0 Å². The molecule has 1 fully saturated rings. The number of rotatable bonds is 5. The van der Waals surface area contributed by atoms with Gasteiger partial charge in [-0.15, -0.1) is 0 Å². The fourth-order valence-electron chi connectivity index (χ4n) is 2.40. The van der Waals surface area contributed by atoms with Crippen LogP contribution in [0, 0.1) is 19.8 Å². The third-order valence-corrected chi connectivity index (χ3v) is 5.53. The van der Waals surface area contributed by atoms with Crippen LogP contribution in [0.1, 0.15) is 30.9 Å². The molecule has 0 aliphatic heterocycles. The number of benzene rings is 1. The summed E-state index contributed by atoms with van der Waals surface area (Å²) in [6.07, 6.45) is 1.47. The first-order valence-electron chi connectivity index (χ1n) is 6.51. The Morgan fingerprint density at radius 1 is 1.35 bits per heavy atom. The minimum atomic E-state index is -3.85. The van der Waals surface area contributed by atoms with Crippen LogP contribution < -0.4 is 4.72 Å². The lowest BCUT2D eigenvalue weighted by molar-refractivity contribution is -0.144. The van der Waals surface area contributed by atoms with Crippen LogP contribution in [0.2, 0.25) is 0 Å². The summed E-state index contributed by atoms with van der Waals surface area (Å²) in [5.74, 6) is -1.27. The van der Waals surface area contributed by atoms with Crippen LogP contribution in [0.5, 0.6) is 0 Å². The molecule has 0 saturated heterocycles. The lowest BCUT2D eigenvalue weighted by Gasteiger charge is -2.26. The number of sulfonamides is 1. The average Bonchev–Trinajstić information content (AvgIpc) is 3.10. The van der Waals surface area contributed by atoms with Crippen molar-refractivity contribution in [2.45, 2.75) is 44.0 Å². The van der Waals surface area contributed by atoms with Gasteiger partial charge in [0.2, 0.25) is 10.0 Å². The zero-order valence-electron chi connectivity index (χ0n) is 11.8. The Kier molecular flexibility index (Phi) is 3.64. The van der Waals surface area contributed by atoms with Gasteiger partial charge < -0.3 is 5.11 Å². The Bertz CT molecular complexity index is 649. The number of carboxylic acids is 1. The highest BCUT2D eigenvalue weighted by Gasteiger charge is 2.50. The highest BCUT2D eigenvalue weighted by molar-refractivity contribution is 7.89. The van der Waals surface area contributed by atoms with Crippen molar-refractivity contribution in [3.8, 4) is 0 Å². The average molecular weight is 297 g/mol. The van der Waals surface area contributed by atoms with Crippen molar-refractivity contribution in [3.63, 3.8) is 0 Å². The molecular weight excluding hydrogens is 278 g/mol. The molecule has 1 aromatic rings. The second kappa shape index (κ2) is 4.86. The first-order chi connectivity index (χ1) is 9.17. The maximum Gasteiger partial charge on any atom is 0.324 e. The second-order valence-electron chi connectivity index (χ2n) is 5.66. The summed E-state index contributed by atoms with van der Waals surface area (Å²) >= 11 is 0. The number of carbonyl (C=O) groups is 1. The van der Waals surface area contributed by atoms with E-state index >= 15 is 0 Å². The van der Waals surface area contributed by atoms with Gasteiger partial charge in [-0.25, -0.2) is 8.42 Å². The van der Waals surface area contributed by atoms with Crippen molar-refractivity contribution >= 4 is 16.0 Å². The Morgan fingerprint density at radius 3 is 2.40 bits per heavy atom. The SMILES string of the molecule is Cc1ccc(S(=O)(=O)NC(C)(C(=O)O)C2CC2)c(C)c1. The molecule has 0 spiro atoms. The van der Waals surface area contributed by atoms with Crippen molar-refractivity contribution in [2.75, 3.05) is 0 Å².